The molecule has 0 radical (unpaired) electrons. The zero-order valence-corrected chi connectivity index (χ0v) is 12.4. The van der Waals surface area contributed by atoms with E-state index in [0.29, 0.717) is 6.42 Å². The molecule has 0 aromatic heterocycles. The Morgan fingerprint density at radius 3 is 2.68 bits per heavy atom. The Kier molecular flexibility index (Phi) is 3.47. The third-order valence-corrected chi connectivity index (χ3v) is 4.80. The van der Waals surface area contributed by atoms with Crippen molar-refractivity contribution in [2.45, 2.75) is 38.8 Å². The highest BCUT2D eigenvalue weighted by Gasteiger charge is 2.69. The molecule has 1 saturated heterocycles. The first-order valence-corrected chi connectivity index (χ1v) is 7.26. The predicted octanol–water partition coefficient (Wildman–Crippen LogP) is 0.729. The van der Waals surface area contributed by atoms with Gasteiger partial charge in [-0.3, -0.25) is 9.59 Å². The Hall–Kier alpha value is -1.89. The lowest BCUT2D eigenvalue weighted by Crippen LogP contribution is -2.44. The molecule has 2 saturated carbocycles. The van der Waals surface area contributed by atoms with Gasteiger partial charge in [0, 0.05) is 17.4 Å². The molecule has 22 heavy (non-hydrogen) atoms. The highest BCUT2D eigenvalue weighted by molar-refractivity contribution is 5.87. The monoisotopic (exact) mass is 310 g/mol. The molecule has 7 atom stereocenters. The lowest BCUT2D eigenvalue weighted by molar-refractivity contribution is -0.200. The van der Waals surface area contributed by atoms with E-state index in [1.165, 1.54) is 6.92 Å². The summed E-state index contributed by atoms with van der Waals surface area (Å²) < 4.78 is 16.1. The Labute approximate surface area is 127 Å². The normalized spacial score (nSPS) is 39.5. The van der Waals surface area contributed by atoms with Gasteiger partial charge in [0.05, 0.1) is 11.8 Å². The van der Waals surface area contributed by atoms with E-state index < -0.39 is 48.2 Å². The lowest BCUT2D eigenvalue weighted by atomic mass is 9.78. The Balaban J connectivity index is 1.73. The maximum Gasteiger partial charge on any atom is 0.335 e. The standard InChI is InChI=1S/C15H18O7/c1-5(2)14(18)21-6(3)20-11-7-4-8-10(9(7)13(16)17)15(19)22-12(8)11/h6-12H,1,4H2,2-3H3,(H,16,17). The van der Waals surface area contributed by atoms with E-state index in [1.807, 2.05) is 0 Å². The zero-order chi connectivity index (χ0) is 16.2. The van der Waals surface area contributed by atoms with Crippen LogP contribution in [0.15, 0.2) is 12.2 Å². The second-order valence-corrected chi connectivity index (χ2v) is 6.21. The van der Waals surface area contributed by atoms with Crippen LogP contribution >= 0.6 is 0 Å². The number of carboxylic acids is 1. The summed E-state index contributed by atoms with van der Waals surface area (Å²) in [6.07, 6.45) is -1.27. The van der Waals surface area contributed by atoms with Gasteiger partial charge in [-0.15, -0.1) is 0 Å². The van der Waals surface area contributed by atoms with Gasteiger partial charge in [0.25, 0.3) is 0 Å². The predicted molar refractivity (Wildman–Crippen MR) is 71.3 cm³/mol. The summed E-state index contributed by atoms with van der Waals surface area (Å²) in [5, 5.41) is 9.38. The molecule has 1 aliphatic heterocycles. The highest BCUT2D eigenvalue weighted by atomic mass is 16.7. The number of carbonyl (C=O) groups excluding carboxylic acids is 2. The molecule has 3 aliphatic rings. The molecule has 7 heteroatoms. The van der Waals surface area contributed by atoms with Gasteiger partial charge < -0.3 is 19.3 Å². The van der Waals surface area contributed by atoms with Crippen molar-refractivity contribution in [3.05, 3.63) is 12.2 Å². The summed E-state index contributed by atoms with van der Waals surface area (Å²) in [5.41, 5.74) is 0.249. The fraction of sp³-hybridized carbons (Fsp3) is 0.667. The average molecular weight is 310 g/mol. The maximum absolute atomic E-state index is 11.9. The van der Waals surface area contributed by atoms with Crippen molar-refractivity contribution in [2.24, 2.45) is 23.7 Å². The summed E-state index contributed by atoms with van der Waals surface area (Å²) in [5.74, 6) is -3.81. The second-order valence-electron chi connectivity index (χ2n) is 6.21. The molecule has 0 aromatic carbocycles. The number of rotatable bonds is 5. The topological polar surface area (TPSA) is 99.1 Å². The van der Waals surface area contributed by atoms with Gasteiger partial charge in [-0.2, -0.15) is 0 Å². The van der Waals surface area contributed by atoms with E-state index in [-0.39, 0.29) is 17.4 Å². The Morgan fingerprint density at radius 2 is 2.09 bits per heavy atom. The van der Waals surface area contributed by atoms with Crippen LogP contribution in [0.25, 0.3) is 0 Å². The molecule has 1 N–H and O–H groups in total. The molecular weight excluding hydrogens is 292 g/mol. The van der Waals surface area contributed by atoms with Gasteiger partial charge in [0.2, 0.25) is 6.29 Å². The van der Waals surface area contributed by atoms with Crippen molar-refractivity contribution in [2.75, 3.05) is 0 Å². The van der Waals surface area contributed by atoms with Crippen molar-refractivity contribution >= 4 is 17.9 Å². The Bertz CT molecular complexity index is 554. The number of fused-ring (bicyclic) bond motifs is 1. The molecular formula is C15H18O7. The molecule has 0 aromatic rings. The summed E-state index contributed by atoms with van der Waals surface area (Å²) in [4.78, 5) is 34.8. The molecule has 0 spiro atoms. The minimum Gasteiger partial charge on any atom is -0.481 e. The summed E-state index contributed by atoms with van der Waals surface area (Å²) >= 11 is 0. The van der Waals surface area contributed by atoms with Crippen molar-refractivity contribution in [1.29, 1.82) is 0 Å². The first-order valence-electron chi connectivity index (χ1n) is 7.26. The highest BCUT2D eigenvalue weighted by Crippen LogP contribution is 2.58. The van der Waals surface area contributed by atoms with Crippen LogP contribution in [0.4, 0.5) is 0 Å². The molecule has 7 nitrogen and oxygen atoms in total. The molecule has 120 valence electrons. The van der Waals surface area contributed by atoms with Crippen LogP contribution in [0.5, 0.6) is 0 Å². The summed E-state index contributed by atoms with van der Waals surface area (Å²) in [7, 11) is 0. The van der Waals surface area contributed by atoms with Crippen LogP contribution in [0.2, 0.25) is 0 Å². The minimum atomic E-state index is -1.00. The van der Waals surface area contributed by atoms with Crippen LogP contribution in [0, 0.1) is 23.7 Å². The zero-order valence-electron chi connectivity index (χ0n) is 12.4. The van der Waals surface area contributed by atoms with Gasteiger partial charge in [-0.05, 0) is 20.3 Å². The summed E-state index contributed by atoms with van der Waals surface area (Å²) in [6, 6.07) is 0. The SMILES string of the molecule is C=C(C)C(=O)OC(C)OC1C2CC3C1OC(=O)C3C2C(=O)O. The first kappa shape index (κ1) is 15.0. The number of hydrogen-bond acceptors (Lipinski definition) is 6. The third-order valence-electron chi connectivity index (χ3n) is 4.80. The van der Waals surface area contributed by atoms with Crippen molar-refractivity contribution in [3.8, 4) is 0 Å². The number of carbonyl (C=O) groups is 3. The van der Waals surface area contributed by atoms with Gasteiger partial charge >= 0.3 is 17.9 Å². The van der Waals surface area contributed by atoms with E-state index >= 15 is 0 Å². The number of aliphatic carboxylic acids is 1. The molecule has 1 heterocycles. The smallest absolute Gasteiger partial charge is 0.335 e. The second kappa shape index (κ2) is 5.08. The van der Waals surface area contributed by atoms with E-state index in [4.69, 9.17) is 14.2 Å². The van der Waals surface area contributed by atoms with E-state index in [9.17, 15) is 19.5 Å². The first-order chi connectivity index (χ1) is 10.3. The Morgan fingerprint density at radius 1 is 1.41 bits per heavy atom. The van der Waals surface area contributed by atoms with Crippen LogP contribution in [0.3, 0.4) is 0 Å². The third kappa shape index (κ3) is 2.11. The van der Waals surface area contributed by atoms with Gasteiger partial charge in [0.15, 0.2) is 0 Å². The fourth-order valence-electron chi connectivity index (χ4n) is 4.01. The van der Waals surface area contributed by atoms with Gasteiger partial charge in [0.1, 0.15) is 12.2 Å². The average Bonchev–Trinajstić information content (AvgIpc) is 3.01. The van der Waals surface area contributed by atoms with Crippen molar-refractivity contribution < 1.29 is 33.7 Å². The molecule has 2 bridgehead atoms. The maximum atomic E-state index is 11.9. The van der Waals surface area contributed by atoms with Gasteiger partial charge in [-0.1, -0.05) is 6.58 Å². The van der Waals surface area contributed by atoms with Crippen LogP contribution in [0.1, 0.15) is 20.3 Å². The van der Waals surface area contributed by atoms with Crippen LogP contribution in [-0.4, -0.2) is 41.5 Å². The van der Waals surface area contributed by atoms with E-state index in [0.717, 1.165) is 0 Å². The van der Waals surface area contributed by atoms with Crippen molar-refractivity contribution in [1.82, 2.24) is 0 Å². The largest absolute Gasteiger partial charge is 0.481 e. The molecule has 3 rings (SSSR count). The number of ether oxygens (including phenoxy) is 3. The van der Waals surface area contributed by atoms with E-state index in [1.54, 1.807) is 6.92 Å². The van der Waals surface area contributed by atoms with E-state index in [2.05, 4.69) is 6.58 Å². The van der Waals surface area contributed by atoms with Gasteiger partial charge in [-0.25, -0.2) is 4.79 Å². The summed E-state index contributed by atoms with van der Waals surface area (Å²) in [6.45, 7) is 6.56. The van der Waals surface area contributed by atoms with Crippen molar-refractivity contribution in [3.63, 3.8) is 0 Å². The van der Waals surface area contributed by atoms with Crippen LogP contribution < -0.4 is 0 Å². The van der Waals surface area contributed by atoms with Crippen LogP contribution in [-0.2, 0) is 28.6 Å². The molecule has 0 amide bonds. The molecule has 3 fully saturated rings. The number of esters is 2. The number of hydrogen-bond donors (Lipinski definition) is 1. The lowest BCUT2D eigenvalue weighted by Gasteiger charge is -2.31. The number of carboxylic acid groups (broad SMARTS) is 1. The fourth-order valence-corrected chi connectivity index (χ4v) is 4.01. The quantitative estimate of drug-likeness (QED) is 0.454. The molecule has 7 unspecified atom stereocenters. The molecule has 2 aliphatic carbocycles. The minimum absolute atomic E-state index is 0.118.